The Morgan fingerprint density at radius 1 is 1.24 bits per heavy atom. The van der Waals surface area contributed by atoms with Gasteiger partial charge in [-0.05, 0) is 25.0 Å². The third-order valence-corrected chi connectivity index (χ3v) is 2.80. The molecule has 1 fully saturated rings. The molecule has 2 rings (SSSR count). The highest BCUT2D eigenvalue weighted by atomic mass is 16.4. The molecule has 0 amide bonds. The first-order valence-electron chi connectivity index (χ1n) is 5.82. The first-order chi connectivity index (χ1) is 8.24. The zero-order valence-corrected chi connectivity index (χ0v) is 9.71. The molecule has 1 heterocycles. The van der Waals surface area contributed by atoms with Crippen LogP contribution in [0.15, 0.2) is 24.5 Å². The first kappa shape index (κ1) is 13.4. The zero-order chi connectivity index (χ0) is 12.5. The summed E-state index contributed by atoms with van der Waals surface area (Å²) >= 11 is 0. The summed E-state index contributed by atoms with van der Waals surface area (Å²) in [6.07, 6.45) is 9.21. The Hall–Kier alpha value is -1.71. The maximum atomic E-state index is 10.4. The molecule has 1 aromatic rings. The van der Waals surface area contributed by atoms with Crippen molar-refractivity contribution in [2.75, 3.05) is 0 Å². The van der Waals surface area contributed by atoms with Gasteiger partial charge in [0.25, 0.3) is 0 Å². The lowest BCUT2D eigenvalue weighted by atomic mass is 9.90. The number of carbonyl (C=O) groups excluding carboxylic acids is 1. The molecule has 4 heteroatoms. The maximum Gasteiger partial charge on any atom is 0.306 e. The van der Waals surface area contributed by atoms with E-state index in [0.29, 0.717) is 5.56 Å². The summed E-state index contributed by atoms with van der Waals surface area (Å²) < 4.78 is 0. The van der Waals surface area contributed by atoms with Crippen LogP contribution < -0.4 is 0 Å². The van der Waals surface area contributed by atoms with E-state index in [0.717, 1.165) is 32.0 Å². The molecule has 1 N–H and O–H groups in total. The van der Waals surface area contributed by atoms with E-state index in [1.54, 1.807) is 24.5 Å². The molecule has 0 aromatic carbocycles. The highest BCUT2D eigenvalue weighted by Crippen LogP contribution is 2.23. The second kappa shape index (κ2) is 7.54. The van der Waals surface area contributed by atoms with E-state index < -0.39 is 5.97 Å². The first-order valence-corrected chi connectivity index (χ1v) is 5.82. The Bertz CT molecular complexity index is 345. The summed E-state index contributed by atoms with van der Waals surface area (Å²) in [7, 11) is 0. The Morgan fingerprint density at radius 3 is 2.18 bits per heavy atom. The van der Waals surface area contributed by atoms with Gasteiger partial charge in [0, 0.05) is 18.0 Å². The van der Waals surface area contributed by atoms with E-state index in [1.165, 1.54) is 6.42 Å². The number of hydrogen-bond donors (Lipinski definition) is 1. The Kier molecular flexibility index (Phi) is 5.93. The van der Waals surface area contributed by atoms with Crippen molar-refractivity contribution >= 4 is 12.3 Å². The number of pyridine rings is 1. The van der Waals surface area contributed by atoms with Crippen LogP contribution in [-0.4, -0.2) is 22.3 Å². The number of hydrogen-bond acceptors (Lipinski definition) is 3. The number of rotatable bonds is 2. The van der Waals surface area contributed by atoms with Crippen LogP contribution in [0, 0.1) is 5.92 Å². The van der Waals surface area contributed by atoms with Crippen LogP contribution in [0.5, 0.6) is 0 Å². The van der Waals surface area contributed by atoms with Crippen molar-refractivity contribution in [3.05, 3.63) is 30.1 Å². The van der Waals surface area contributed by atoms with Crippen LogP contribution in [0.4, 0.5) is 0 Å². The molecule has 0 atom stereocenters. The quantitative estimate of drug-likeness (QED) is 0.800. The molecule has 1 aliphatic rings. The summed E-state index contributed by atoms with van der Waals surface area (Å²) in [6.45, 7) is 0. The minimum absolute atomic E-state index is 0.0289. The zero-order valence-electron chi connectivity index (χ0n) is 9.71. The molecule has 0 bridgehead atoms. The van der Waals surface area contributed by atoms with Crippen molar-refractivity contribution < 1.29 is 14.7 Å². The van der Waals surface area contributed by atoms with E-state index in [9.17, 15) is 9.59 Å². The normalized spacial score (nSPS) is 15.5. The number of aldehydes is 1. The van der Waals surface area contributed by atoms with Crippen molar-refractivity contribution in [1.82, 2.24) is 4.98 Å². The molecule has 0 saturated heterocycles. The minimum atomic E-state index is -0.602. The van der Waals surface area contributed by atoms with Crippen LogP contribution in [-0.2, 0) is 4.79 Å². The van der Waals surface area contributed by atoms with Gasteiger partial charge in [-0.3, -0.25) is 14.6 Å². The summed E-state index contributed by atoms with van der Waals surface area (Å²) in [6, 6.07) is 3.32. The molecule has 0 unspecified atom stereocenters. The van der Waals surface area contributed by atoms with E-state index in [1.807, 2.05) is 0 Å². The molecule has 0 radical (unpaired) electrons. The molecule has 0 aliphatic heterocycles. The van der Waals surface area contributed by atoms with Crippen LogP contribution in [0.1, 0.15) is 42.5 Å². The highest BCUT2D eigenvalue weighted by Gasteiger charge is 2.19. The fourth-order valence-electron chi connectivity index (χ4n) is 1.79. The van der Waals surface area contributed by atoms with Crippen LogP contribution in [0.2, 0.25) is 0 Å². The maximum absolute atomic E-state index is 10.4. The number of nitrogens with zero attached hydrogens (tertiary/aromatic N) is 1. The van der Waals surface area contributed by atoms with E-state index >= 15 is 0 Å². The van der Waals surface area contributed by atoms with Gasteiger partial charge >= 0.3 is 5.97 Å². The van der Waals surface area contributed by atoms with E-state index in [2.05, 4.69) is 4.98 Å². The molecule has 92 valence electrons. The largest absolute Gasteiger partial charge is 0.481 e. The van der Waals surface area contributed by atoms with Gasteiger partial charge in [-0.25, -0.2) is 0 Å². The van der Waals surface area contributed by atoms with Gasteiger partial charge in [0.05, 0.1) is 5.92 Å². The van der Waals surface area contributed by atoms with Crippen LogP contribution in [0.25, 0.3) is 0 Å². The smallest absolute Gasteiger partial charge is 0.306 e. The minimum Gasteiger partial charge on any atom is -0.481 e. The third kappa shape index (κ3) is 5.24. The fraction of sp³-hybridized carbons (Fsp3) is 0.462. The molecular formula is C13H17NO3. The van der Waals surface area contributed by atoms with Gasteiger partial charge in [-0.1, -0.05) is 19.3 Å². The lowest BCUT2D eigenvalue weighted by Crippen LogP contribution is -2.16. The number of carbonyl (C=O) groups is 2. The summed E-state index contributed by atoms with van der Waals surface area (Å²) in [4.78, 5) is 24.1. The average molecular weight is 235 g/mol. The molecule has 1 aromatic heterocycles. The fourth-order valence-corrected chi connectivity index (χ4v) is 1.79. The lowest BCUT2D eigenvalue weighted by molar-refractivity contribution is -0.142. The van der Waals surface area contributed by atoms with Crippen molar-refractivity contribution in [2.45, 2.75) is 32.1 Å². The monoisotopic (exact) mass is 235 g/mol. The second-order valence-corrected chi connectivity index (χ2v) is 4.07. The van der Waals surface area contributed by atoms with Gasteiger partial charge in [0.2, 0.25) is 0 Å². The molecular weight excluding hydrogens is 218 g/mol. The molecule has 1 aliphatic carbocycles. The predicted octanol–water partition coefficient (Wildman–Crippen LogP) is 2.55. The Balaban J connectivity index is 0.000000171. The van der Waals surface area contributed by atoms with Crippen molar-refractivity contribution in [1.29, 1.82) is 0 Å². The molecule has 0 spiro atoms. The second-order valence-electron chi connectivity index (χ2n) is 4.07. The number of aromatic nitrogens is 1. The van der Waals surface area contributed by atoms with Crippen molar-refractivity contribution in [3.63, 3.8) is 0 Å². The van der Waals surface area contributed by atoms with Crippen molar-refractivity contribution in [3.8, 4) is 0 Å². The number of carboxylic acid groups (broad SMARTS) is 1. The summed E-state index contributed by atoms with van der Waals surface area (Å²) in [5, 5.41) is 8.54. The number of aliphatic carboxylic acids is 1. The van der Waals surface area contributed by atoms with Gasteiger partial charge in [-0.15, -0.1) is 0 Å². The standard InChI is InChI=1S/C7H12O2.C6H5NO/c8-7(9)6-4-2-1-3-5-6;8-5-6-1-3-7-4-2-6/h6H,1-5H2,(H,8,9);1-5H. The van der Waals surface area contributed by atoms with E-state index in [-0.39, 0.29) is 5.92 Å². The molecule has 17 heavy (non-hydrogen) atoms. The summed E-state index contributed by atoms with van der Waals surface area (Å²) in [5.74, 6) is -0.631. The predicted molar refractivity (Wildman–Crippen MR) is 63.8 cm³/mol. The topological polar surface area (TPSA) is 67.3 Å². The van der Waals surface area contributed by atoms with E-state index in [4.69, 9.17) is 5.11 Å². The van der Waals surface area contributed by atoms with Crippen molar-refractivity contribution in [2.24, 2.45) is 5.92 Å². The lowest BCUT2D eigenvalue weighted by Gasteiger charge is -2.16. The van der Waals surface area contributed by atoms with Gasteiger partial charge in [0.15, 0.2) is 0 Å². The average Bonchev–Trinajstić information content (AvgIpc) is 2.41. The highest BCUT2D eigenvalue weighted by molar-refractivity contribution is 5.74. The molecule has 1 saturated carbocycles. The molecule has 4 nitrogen and oxygen atoms in total. The van der Waals surface area contributed by atoms with Crippen LogP contribution in [0.3, 0.4) is 0 Å². The number of carboxylic acids is 1. The Labute approximate surface area is 101 Å². The third-order valence-electron chi connectivity index (χ3n) is 2.80. The summed E-state index contributed by atoms with van der Waals surface area (Å²) in [5.41, 5.74) is 0.667. The Morgan fingerprint density at radius 2 is 1.82 bits per heavy atom. The SMILES string of the molecule is O=C(O)C1CCCCC1.O=Cc1ccncc1. The van der Waals surface area contributed by atoms with Gasteiger partial charge in [-0.2, -0.15) is 0 Å². The van der Waals surface area contributed by atoms with Gasteiger partial charge < -0.3 is 5.11 Å². The van der Waals surface area contributed by atoms with Crippen LogP contribution >= 0.6 is 0 Å². The van der Waals surface area contributed by atoms with Gasteiger partial charge in [0.1, 0.15) is 6.29 Å².